The van der Waals surface area contributed by atoms with Gasteiger partial charge in [-0.15, -0.1) is 0 Å². The minimum absolute atomic E-state index is 0.130. The Morgan fingerprint density at radius 1 is 1.08 bits per heavy atom. The maximum atomic E-state index is 12.1. The van der Waals surface area contributed by atoms with Gasteiger partial charge >= 0.3 is 0 Å². The number of ether oxygens (including phenoxy) is 1. The molecule has 1 aromatic heterocycles. The molecule has 0 radical (unpaired) electrons. The third-order valence-electron chi connectivity index (χ3n) is 3.81. The molecule has 2 aromatic rings. The fourth-order valence-corrected chi connectivity index (χ4v) is 2.45. The Morgan fingerprint density at radius 3 is 2.38 bits per heavy atom. The lowest BCUT2D eigenvalue weighted by molar-refractivity contribution is -0.124. The predicted molar refractivity (Wildman–Crippen MR) is 91.0 cm³/mol. The maximum Gasteiger partial charge on any atom is 0.257 e. The number of amides is 2. The summed E-state index contributed by atoms with van der Waals surface area (Å²) in [5, 5.41) is 5.61. The molecule has 124 valence electrons. The molecule has 1 aliphatic rings. The largest absolute Gasteiger partial charge is 0.368 e. The van der Waals surface area contributed by atoms with Gasteiger partial charge in [-0.2, -0.15) is 0 Å². The van der Waals surface area contributed by atoms with E-state index in [1.165, 1.54) is 0 Å². The van der Waals surface area contributed by atoms with Crippen molar-refractivity contribution >= 4 is 23.2 Å². The number of benzene rings is 1. The van der Waals surface area contributed by atoms with Gasteiger partial charge in [0.1, 0.15) is 6.10 Å². The fraction of sp³-hybridized carbons (Fsp3) is 0.278. The van der Waals surface area contributed by atoms with E-state index in [0.717, 1.165) is 18.5 Å². The van der Waals surface area contributed by atoms with Crippen LogP contribution in [-0.2, 0) is 9.53 Å². The zero-order valence-corrected chi connectivity index (χ0v) is 13.4. The number of aromatic nitrogens is 1. The second kappa shape index (κ2) is 7.23. The van der Waals surface area contributed by atoms with Crippen LogP contribution < -0.4 is 10.6 Å². The van der Waals surface area contributed by atoms with Gasteiger partial charge in [-0.25, -0.2) is 0 Å². The molecular weight excluding hydrogens is 306 g/mol. The number of hydrogen-bond donors (Lipinski definition) is 2. The fourth-order valence-electron chi connectivity index (χ4n) is 2.45. The van der Waals surface area contributed by atoms with Crippen molar-refractivity contribution in [3.05, 3.63) is 53.9 Å². The van der Waals surface area contributed by atoms with Crippen LogP contribution in [0.3, 0.4) is 0 Å². The highest BCUT2D eigenvalue weighted by Gasteiger charge is 2.23. The Hall–Kier alpha value is -2.73. The summed E-state index contributed by atoms with van der Waals surface area (Å²) in [5.41, 5.74) is 2.68. The molecule has 0 saturated carbocycles. The summed E-state index contributed by atoms with van der Waals surface area (Å²) < 4.78 is 5.35. The Morgan fingerprint density at radius 2 is 1.79 bits per heavy atom. The molecule has 0 aliphatic carbocycles. The van der Waals surface area contributed by atoms with E-state index < -0.39 is 0 Å². The van der Waals surface area contributed by atoms with Crippen LogP contribution in [0.25, 0.3) is 0 Å². The normalized spacial score (nSPS) is 16.6. The summed E-state index contributed by atoms with van der Waals surface area (Å²) in [5.74, 6) is -0.353. The van der Waals surface area contributed by atoms with Gasteiger partial charge in [-0.1, -0.05) is 0 Å². The van der Waals surface area contributed by atoms with Crippen LogP contribution in [0.5, 0.6) is 0 Å². The van der Waals surface area contributed by atoms with Crippen molar-refractivity contribution in [1.82, 2.24) is 4.98 Å². The van der Waals surface area contributed by atoms with Gasteiger partial charge in [-0.3, -0.25) is 14.6 Å². The van der Waals surface area contributed by atoms with Crippen molar-refractivity contribution in [3.63, 3.8) is 0 Å². The van der Waals surface area contributed by atoms with E-state index in [4.69, 9.17) is 4.74 Å². The predicted octanol–water partition coefficient (Wildman–Crippen LogP) is 2.76. The third-order valence-corrected chi connectivity index (χ3v) is 3.81. The van der Waals surface area contributed by atoms with Crippen molar-refractivity contribution in [2.45, 2.75) is 25.9 Å². The number of pyridine rings is 1. The smallest absolute Gasteiger partial charge is 0.257 e. The van der Waals surface area contributed by atoms with E-state index in [1.54, 1.807) is 42.6 Å². The molecule has 2 N–H and O–H groups in total. The summed E-state index contributed by atoms with van der Waals surface area (Å²) >= 11 is 0. The molecule has 24 heavy (non-hydrogen) atoms. The van der Waals surface area contributed by atoms with Gasteiger partial charge in [0.2, 0.25) is 0 Å². The number of carbonyl (C=O) groups is 2. The molecule has 1 fully saturated rings. The summed E-state index contributed by atoms with van der Waals surface area (Å²) in [7, 11) is 0. The Bertz CT molecular complexity index is 720. The molecule has 3 rings (SSSR count). The number of anilines is 2. The molecular formula is C18H19N3O3. The van der Waals surface area contributed by atoms with Gasteiger partial charge < -0.3 is 15.4 Å². The van der Waals surface area contributed by atoms with Gasteiger partial charge in [0, 0.05) is 29.9 Å². The molecule has 1 atom stereocenters. The molecule has 2 amide bonds. The number of rotatable bonds is 4. The average molecular weight is 325 g/mol. The first-order chi connectivity index (χ1) is 11.6. The van der Waals surface area contributed by atoms with Crippen LogP contribution in [0.15, 0.2) is 42.6 Å². The minimum Gasteiger partial charge on any atom is -0.368 e. The number of nitrogens with one attached hydrogen (secondary N) is 2. The van der Waals surface area contributed by atoms with Crippen molar-refractivity contribution in [1.29, 1.82) is 0 Å². The van der Waals surface area contributed by atoms with E-state index >= 15 is 0 Å². The number of carbonyl (C=O) groups excluding carboxylic acids is 2. The molecule has 1 aliphatic heterocycles. The van der Waals surface area contributed by atoms with Crippen LogP contribution in [0.2, 0.25) is 0 Å². The highest BCUT2D eigenvalue weighted by molar-refractivity contribution is 6.04. The van der Waals surface area contributed by atoms with Gasteiger partial charge in [-0.05, 0) is 56.2 Å². The molecule has 0 bridgehead atoms. The van der Waals surface area contributed by atoms with Crippen molar-refractivity contribution in [3.8, 4) is 0 Å². The second-order valence-corrected chi connectivity index (χ2v) is 5.71. The highest BCUT2D eigenvalue weighted by atomic mass is 16.5. The average Bonchev–Trinajstić information content (AvgIpc) is 3.12. The zero-order valence-electron chi connectivity index (χ0n) is 13.4. The second-order valence-electron chi connectivity index (χ2n) is 5.71. The van der Waals surface area contributed by atoms with E-state index in [0.29, 0.717) is 23.5 Å². The van der Waals surface area contributed by atoms with E-state index in [1.807, 2.05) is 6.92 Å². The Labute approximate surface area is 140 Å². The summed E-state index contributed by atoms with van der Waals surface area (Å²) in [6.45, 7) is 2.50. The summed E-state index contributed by atoms with van der Waals surface area (Å²) in [6, 6.07) is 10.5. The van der Waals surface area contributed by atoms with Crippen molar-refractivity contribution < 1.29 is 14.3 Å². The van der Waals surface area contributed by atoms with Gasteiger partial charge in [0.15, 0.2) is 0 Å². The standard InChI is InChI=1S/C18H19N3O3/c1-12-4-5-13(11-19-12)17(22)20-14-6-8-15(9-7-14)21-18(23)16-3-2-10-24-16/h4-9,11,16H,2-3,10H2,1H3,(H,20,22)(H,21,23)/t16-/m0/s1. The molecule has 6 nitrogen and oxygen atoms in total. The molecule has 2 heterocycles. The first kappa shape index (κ1) is 16.1. The lowest BCUT2D eigenvalue weighted by atomic mass is 10.2. The summed E-state index contributed by atoms with van der Waals surface area (Å²) in [4.78, 5) is 28.2. The monoisotopic (exact) mass is 325 g/mol. The topological polar surface area (TPSA) is 80.3 Å². The lowest BCUT2D eigenvalue weighted by Gasteiger charge is -2.11. The number of nitrogens with zero attached hydrogens (tertiary/aromatic N) is 1. The number of hydrogen-bond acceptors (Lipinski definition) is 4. The summed E-state index contributed by atoms with van der Waals surface area (Å²) in [6.07, 6.45) is 2.85. The zero-order chi connectivity index (χ0) is 16.9. The number of aryl methyl sites for hydroxylation is 1. The first-order valence-corrected chi connectivity index (χ1v) is 7.88. The van der Waals surface area contributed by atoms with Crippen molar-refractivity contribution in [2.75, 3.05) is 17.2 Å². The molecule has 0 unspecified atom stereocenters. The Balaban J connectivity index is 1.58. The van der Waals surface area contributed by atoms with Crippen LogP contribution in [0.1, 0.15) is 28.9 Å². The van der Waals surface area contributed by atoms with E-state index in [9.17, 15) is 9.59 Å². The minimum atomic E-state index is -0.363. The maximum absolute atomic E-state index is 12.1. The van der Waals surface area contributed by atoms with Crippen LogP contribution in [0.4, 0.5) is 11.4 Å². The van der Waals surface area contributed by atoms with Gasteiger partial charge in [0.25, 0.3) is 11.8 Å². The quantitative estimate of drug-likeness (QED) is 0.906. The van der Waals surface area contributed by atoms with Crippen LogP contribution >= 0.6 is 0 Å². The third kappa shape index (κ3) is 3.97. The van der Waals surface area contributed by atoms with E-state index in [-0.39, 0.29) is 17.9 Å². The van der Waals surface area contributed by atoms with E-state index in [2.05, 4.69) is 15.6 Å². The molecule has 1 saturated heterocycles. The van der Waals surface area contributed by atoms with Gasteiger partial charge in [0.05, 0.1) is 5.56 Å². The Kier molecular flexibility index (Phi) is 4.86. The van der Waals surface area contributed by atoms with Crippen LogP contribution in [-0.4, -0.2) is 29.5 Å². The SMILES string of the molecule is Cc1ccc(C(=O)Nc2ccc(NC(=O)[C@@H]3CCCO3)cc2)cn1. The first-order valence-electron chi connectivity index (χ1n) is 7.88. The van der Waals surface area contributed by atoms with Crippen LogP contribution in [0, 0.1) is 6.92 Å². The molecule has 6 heteroatoms. The molecule has 0 spiro atoms. The van der Waals surface area contributed by atoms with Crippen molar-refractivity contribution in [2.24, 2.45) is 0 Å². The molecule has 1 aromatic carbocycles. The highest BCUT2D eigenvalue weighted by Crippen LogP contribution is 2.17. The lowest BCUT2D eigenvalue weighted by Crippen LogP contribution is -2.26.